The molecule has 0 spiro atoms. The van der Waals surface area contributed by atoms with E-state index in [0.717, 1.165) is 42.2 Å². The summed E-state index contributed by atoms with van der Waals surface area (Å²) in [6, 6.07) is 10.6. The molecule has 0 bridgehead atoms. The maximum Gasteiger partial charge on any atom is 0.106 e. The van der Waals surface area contributed by atoms with E-state index in [9.17, 15) is 0 Å². The quantitative estimate of drug-likeness (QED) is 0.263. The minimum atomic E-state index is 0.357. The summed E-state index contributed by atoms with van der Waals surface area (Å²) >= 11 is 0. The highest BCUT2D eigenvalue weighted by atomic mass is 15.2. The van der Waals surface area contributed by atoms with Crippen molar-refractivity contribution in [1.29, 1.82) is 0 Å². The van der Waals surface area contributed by atoms with Crippen molar-refractivity contribution < 1.29 is 0 Å². The number of allylic oxidation sites excluding steroid dienone is 5. The Bertz CT molecular complexity index is 720. The van der Waals surface area contributed by atoms with Crippen LogP contribution in [-0.2, 0) is 6.42 Å². The van der Waals surface area contributed by atoms with Gasteiger partial charge in [0.2, 0.25) is 0 Å². The van der Waals surface area contributed by atoms with E-state index < -0.39 is 0 Å². The lowest BCUT2D eigenvalue weighted by Crippen LogP contribution is -2.29. The van der Waals surface area contributed by atoms with Gasteiger partial charge in [0.1, 0.15) is 5.84 Å². The minimum absolute atomic E-state index is 0.357. The summed E-state index contributed by atoms with van der Waals surface area (Å²) in [4.78, 5) is 7.13. The SMILES string of the molecule is C=C(/C=C(/C)CN(C(=C)C)C(C)=N/C(=C\C)C(C)Cc1ccccc1)CC. The zero-order valence-electron chi connectivity index (χ0n) is 18.0. The zero-order chi connectivity index (χ0) is 20.4. The smallest absolute Gasteiger partial charge is 0.106 e. The molecule has 0 radical (unpaired) electrons. The second-order valence-electron chi connectivity index (χ2n) is 7.29. The Kier molecular flexibility index (Phi) is 9.56. The van der Waals surface area contributed by atoms with Gasteiger partial charge in [-0.05, 0) is 46.1 Å². The summed E-state index contributed by atoms with van der Waals surface area (Å²) in [6.07, 6.45) is 6.24. The molecule has 0 aliphatic carbocycles. The molecule has 1 unspecified atom stereocenters. The molecule has 1 aromatic rings. The number of amidine groups is 1. The highest BCUT2D eigenvalue weighted by Gasteiger charge is 2.13. The second kappa shape index (κ2) is 11.4. The van der Waals surface area contributed by atoms with Crippen LogP contribution in [0.4, 0.5) is 0 Å². The third-order valence-corrected chi connectivity index (χ3v) is 4.64. The number of hydrogen-bond donors (Lipinski definition) is 0. The van der Waals surface area contributed by atoms with E-state index in [0.29, 0.717) is 5.92 Å². The van der Waals surface area contributed by atoms with Gasteiger partial charge in [-0.1, -0.05) is 80.6 Å². The predicted octanol–water partition coefficient (Wildman–Crippen LogP) is 6.94. The molecule has 0 aliphatic heterocycles. The molecule has 0 saturated heterocycles. The molecule has 0 aromatic heterocycles. The summed E-state index contributed by atoms with van der Waals surface area (Å²) in [5, 5.41) is 0. The minimum Gasteiger partial charge on any atom is -0.331 e. The fourth-order valence-corrected chi connectivity index (χ4v) is 3.05. The maximum absolute atomic E-state index is 4.96. The number of benzene rings is 1. The Hall–Kier alpha value is -2.35. The third kappa shape index (κ3) is 7.82. The first-order valence-corrected chi connectivity index (χ1v) is 9.81. The van der Waals surface area contributed by atoms with E-state index in [1.54, 1.807) is 0 Å². The van der Waals surface area contributed by atoms with E-state index in [-0.39, 0.29) is 0 Å². The Balaban J connectivity index is 2.96. The monoisotopic (exact) mass is 364 g/mol. The molecule has 2 nitrogen and oxygen atoms in total. The van der Waals surface area contributed by atoms with Crippen LogP contribution in [0.3, 0.4) is 0 Å². The Morgan fingerprint density at radius 2 is 1.78 bits per heavy atom. The molecule has 0 saturated carbocycles. The first-order chi connectivity index (χ1) is 12.8. The third-order valence-electron chi connectivity index (χ3n) is 4.64. The molecule has 1 atom stereocenters. The molecule has 0 N–H and O–H groups in total. The number of aliphatic imine (C=N–C) groups is 1. The van der Waals surface area contributed by atoms with Crippen LogP contribution in [0.2, 0.25) is 0 Å². The van der Waals surface area contributed by atoms with Crippen molar-refractivity contribution in [3.05, 3.63) is 83.7 Å². The van der Waals surface area contributed by atoms with Gasteiger partial charge in [-0.2, -0.15) is 0 Å². The summed E-state index contributed by atoms with van der Waals surface area (Å²) in [6.45, 7) is 21.7. The largest absolute Gasteiger partial charge is 0.331 e. The topological polar surface area (TPSA) is 15.6 Å². The summed E-state index contributed by atoms with van der Waals surface area (Å²) in [7, 11) is 0. The fraction of sp³-hybridized carbons (Fsp3) is 0.400. The molecule has 0 aliphatic rings. The van der Waals surface area contributed by atoms with E-state index in [1.807, 2.05) is 6.92 Å². The first-order valence-electron chi connectivity index (χ1n) is 9.81. The van der Waals surface area contributed by atoms with Crippen molar-refractivity contribution >= 4 is 5.84 Å². The lowest BCUT2D eigenvalue weighted by atomic mass is 9.98. The van der Waals surface area contributed by atoms with Gasteiger partial charge in [0, 0.05) is 23.9 Å². The van der Waals surface area contributed by atoms with Crippen LogP contribution >= 0.6 is 0 Å². The van der Waals surface area contributed by atoms with Gasteiger partial charge in [-0.3, -0.25) is 0 Å². The summed E-state index contributed by atoms with van der Waals surface area (Å²) < 4.78 is 0. The molecular formula is C25H36N2. The lowest BCUT2D eigenvalue weighted by Gasteiger charge is -2.26. The second-order valence-corrected chi connectivity index (χ2v) is 7.29. The number of rotatable bonds is 9. The highest BCUT2D eigenvalue weighted by molar-refractivity contribution is 5.82. The Morgan fingerprint density at radius 3 is 2.30 bits per heavy atom. The Labute approximate surface area is 166 Å². The van der Waals surface area contributed by atoms with E-state index in [1.165, 1.54) is 11.1 Å². The van der Waals surface area contributed by atoms with Crippen LogP contribution in [0.15, 0.2) is 83.2 Å². The van der Waals surface area contributed by atoms with E-state index in [4.69, 9.17) is 4.99 Å². The molecule has 0 fully saturated rings. The molecule has 1 rings (SSSR count). The fourth-order valence-electron chi connectivity index (χ4n) is 3.05. The van der Waals surface area contributed by atoms with Crippen molar-refractivity contribution in [3.8, 4) is 0 Å². The normalized spacial score (nSPS) is 14.1. The van der Waals surface area contributed by atoms with Gasteiger partial charge in [-0.25, -0.2) is 4.99 Å². The van der Waals surface area contributed by atoms with Gasteiger partial charge in [0.05, 0.1) is 0 Å². The van der Waals surface area contributed by atoms with Gasteiger partial charge >= 0.3 is 0 Å². The van der Waals surface area contributed by atoms with Crippen molar-refractivity contribution in [3.63, 3.8) is 0 Å². The molecule has 27 heavy (non-hydrogen) atoms. The van der Waals surface area contributed by atoms with Crippen LogP contribution in [0, 0.1) is 5.92 Å². The standard InChI is InChI=1S/C25H36N2/c1-9-20(5)16-21(6)18-27(19(3)4)23(8)26-25(10-2)22(7)17-24-14-12-11-13-15-24/h10-16,22H,3,5,9,17-18H2,1-2,4,6-8H3/b21-16-,25-10-,26-23?. The zero-order valence-corrected chi connectivity index (χ0v) is 18.0. The van der Waals surface area contributed by atoms with Crippen molar-refractivity contribution in [2.45, 2.75) is 54.4 Å². The number of nitrogens with zero attached hydrogens (tertiary/aromatic N) is 2. The van der Waals surface area contributed by atoms with Gasteiger partial charge in [0.15, 0.2) is 0 Å². The molecule has 2 heteroatoms. The van der Waals surface area contributed by atoms with Crippen LogP contribution < -0.4 is 0 Å². The Morgan fingerprint density at radius 1 is 1.15 bits per heavy atom. The summed E-state index contributed by atoms with van der Waals surface area (Å²) in [5.74, 6) is 1.33. The first kappa shape index (κ1) is 22.7. The highest BCUT2D eigenvalue weighted by Crippen LogP contribution is 2.20. The average molecular weight is 365 g/mol. The van der Waals surface area contributed by atoms with Gasteiger partial charge < -0.3 is 4.90 Å². The molecule has 0 heterocycles. The van der Waals surface area contributed by atoms with Crippen molar-refractivity contribution in [2.24, 2.45) is 10.9 Å². The molecule has 0 amide bonds. The summed E-state index contributed by atoms with van der Waals surface area (Å²) in [5.41, 5.74) is 5.86. The van der Waals surface area contributed by atoms with Crippen LogP contribution in [0.25, 0.3) is 0 Å². The molecular weight excluding hydrogens is 328 g/mol. The number of hydrogen-bond acceptors (Lipinski definition) is 1. The van der Waals surface area contributed by atoms with Crippen LogP contribution in [-0.4, -0.2) is 17.3 Å². The van der Waals surface area contributed by atoms with Crippen LogP contribution in [0.5, 0.6) is 0 Å². The van der Waals surface area contributed by atoms with Crippen LogP contribution in [0.1, 0.15) is 53.5 Å². The van der Waals surface area contributed by atoms with E-state index in [2.05, 4.69) is 95.2 Å². The van der Waals surface area contributed by atoms with E-state index >= 15 is 0 Å². The maximum atomic E-state index is 4.96. The van der Waals surface area contributed by atoms with Gasteiger partial charge in [-0.15, -0.1) is 0 Å². The van der Waals surface area contributed by atoms with Gasteiger partial charge in [0.25, 0.3) is 0 Å². The lowest BCUT2D eigenvalue weighted by molar-refractivity contribution is 0.549. The van der Waals surface area contributed by atoms with Crippen molar-refractivity contribution in [1.82, 2.24) is 4.90 Å². The molecule has 146 valence electrons. The average Bonchev–Trinajstić information content (AvgIpc) is 2.64. The van der Waals surface area contributed by atoms with Crippen molar-refractivity contribution in [2.75, 3.05) is 6.54 Å². The predicted molar refractivity (Wildman–Crippen MR) is 121 cm³/mol. The molecule has 1 aromatic carbocycles.